The number of hydrogen-bond acceptors (Lipinski definition) is 4. The molecule has 1 atom stereocenters. The van der Waals surface area contributed by atoms with E-state index in [2.05, 4.69) is 48.7 Å². The van der Waals surface area contributed by atoms with Crippen LogP contribution in [0, 0.1) is 0 Å². The Bertz CT molecular complexity index is 973. The Morgan fingerprint density at radius 1 is 1.15 bits per heavy atom. The Morgan fingerprint density at radius 3 is 2.74 bits per heavy atom. The minimum atomic E-state index is -0.0615. The van der Waals surface area contributed by atoms with E-state index in [-0.39, 0.29) is 5.56 Å². The number of aromatic nitrogens is 4. The summed E-state index contributed by atoms with van der Waals surface area (Å²) in [5, 5.41) is 0. The minimum Gasteiger partial charge on any atom is -0.333 e. The van der Waals surface area contributed by atoms with Crippen molar-refractivity contribution >= 4 is 0 Å². The van der Waals surface area contributed by atoms with Crippen molar-refractivity contribution in [3.8, 4) is 11.4 Å². The molecule has 6 nitrogen and oxygen atoms in total. The largest absolute Gasteiger partial charge is 0.333 e. The van der Waals surface area contributed by atoms with Gasteiger partial charge in [0.25, 0.3) is 5.56 Å². The summed E-state index contributed by atoms with van der Waals surface area (Å²) in [6, 6.07) is 10.6. The van der Waals surface area contributed by atoms with Crippen LogP contribution in [0.5, 0.6) is 0 Å². The lowest BCUT2D eigenvalue weighted by atomic mass is 10.1. The molecule has 0 spiro atoms. The van der Waals surface area contributed by atoms with Gasteiger partial charge in [0.15, 0.2) is 0 Å². The standard InChI is InChI=1S/C21H23N5O/c27-20-11-19(16-5-6-16)23-21(24-20)17-3-1-15(2-4-17)12-25-9-7-18(13-25)26-10-8-22-14-26/h1-4,8,10-11,14,16,18H,5-7,9,12-13H2,(H,23,24,27). The number of nitrogens with zero attached hydrogens (tertiary/aromatic N) is 4. The molecule has 1 N–H and O–H groups in total. The molecule has 3 aromatic rings. The lowest BCUT2D eigenvalue weighted by molar-refractivity contribution is 0.316. The van der Waals surface area contributed by atoms with Crippen LogP contribution in [0.15, 0.2) is 53.8 Å². The molecule has 3 heterocycles. The van der Waals surface area contributed by atoms with E-state index in [9.17, 15) is 4.79 Å². The van der Waals surface area contributed by atoms with Crippen LogP contribution in [0.25, 0.3) is 11.4 Å². The van der Waals surface area contributed by atoms with Crippen molar-refractivity contribution in [1.29, 1.82) is 0 Å². The SMILES string of the molecule is O=c1cc(C2CC2)nc(-c2ccc(CN3CCC(n4ccnc4)C3)cc2)[nH]1. The third-order valence-electron chi connectivity index (χ3n) is 5.58. The molecule has 1 unspecified atom stereocenters. The first-order chi connectivity index (χ1) is 13.2. The molecule has 2 aromatic heterocycles. The quantitative estimate of drug-likeness (QED) is 0.759. The van der Waals surface area contributed by atoms with Gasteiger partial charge in [-0.15, -0.1) is 0 Å². The van der Waals surface area contributed by atoms with E-state index in [1.54, 1.807) is 6.07 Å². The van der Waals surface area contributed by atoms with Gasteiger partial charge in [0.1, 0.15) is 5.82 Å². The Hall–Kier alpha value is -2.73. The van der Waals surface area contributed by atoms with Crippen LogP contribution in [0.3, 0.4) is 0 Å². The van der Waals surface area contributed by atoms with Gasteiger partial charge in [-0.2, -0.15) is 0 Å². The third kappa shape index (κ3) is 3.57. The van der Waals surface area contributed by atoms with Crippen molar-refractivity contribution in [3.05, 3.63) is 70.7 Å². The fourth-order valence-electron chi connectivity index (χ4n) is 3.91. The fraction of sp³-hybridized carbons (Fsp3) is 0.381. The van der Waals surface area contributed by atoms with Crippen molar-refractivity contribution in [3.63, 3.8) is 0 Å². The maximum Gasteiger partial charge on any atom is 0.251 e. The third-order valence-corrected chi connectivity index (χ3v) is 5.58. The van der Waals surface area contributed by atoms with Gasteiger partial charge in [-0.3, -0.25) is 9.69 Å². The highest BCUT2D eigenvalue weighted by Gasteiger charge is 2.26. The monoisotopic (exact) mass is 361 g/mol. The highest BCUT2D eigenvalue weighted by Crippen LogP contribution is 2.38. The van der Waals surface area contributed by atoms with E-state index in [4.69, 9.17) is 0 Å². The average Bonchev–Trinajstić information content (AvgIpc) is 3.19. The van der Waals surface area contributed by atoms with Crippen molar-refractivity contribution in [2.45, 2.75) is 37.8 Å². The first-order valence-corrected chi connectivity index (χ1v) is 9.65. The molecule has 1 saturated heterocycles. The summed E-state index contributed by atoms with van der Waals surface area (Å²) in [5.41, 5.74) is 3.12. The lowest BCUT2D eigenvalue weighted by Crippen LogP contribution is -2.20. The number of rotatable bonds is 5. The van der Waals surface area contributed by atoms with Gasteiger partial charge in [0.05, 0.1) is 12.0 Å². The van der Waals surface area contributed by atoms with E-state index in [1.165, 1.54) is 5.56 Å². The van der Waals surface area contributed by atoms with E-state index in [0.29, 0.717) is 17.8 Å². The maximum absolute atomic E-state index is 11.9. The number of hydrogen-bond donors (Lipinski definition) is 1. The van der Waals surface area contributed by atoms with Crippen molar-refractivity contribution in [1.82, 2.24) is 24.4 Å². The van der Waals surface area contributed by atoms with Gasteiger partial charge < -0.3 is 9.55 Å². The van der Waals surface area contributed by atoms with Gasteiger partial charge in [0, 0.05) is 55.6 Å². The van der Waals surface area contributed by atoms with Crippen LogP contribution in [0.4, 0.5) is 0 Å². The highest BCUT2D eigenvalue weighted by atomic mass is 16.1. The van der Waals surface area contributed by atoms with E-state index < -0.39 is 0 Å². The Labute approximate surface area is 157 Å². The Balaban J connectivity index is 1.28. The molecule has 1 aromatic carbocycles. The van der Waals surface area contributed by atoms with E-state index >= 15 is 0 Å². The summed E-state index contributed by atoms with van der Waals surface area (Å²) in [5.74, 6) is 1.15. The molecule has 0 bridgehead atoms. The Kier molecular flexibility index (Phi) is 4.13. The first-order valence-electron chi connectivity index (χ1n) is 9.65. The zero-order chi connectivity index (χ0) is 18.2. The zero-order valence-corrected chi connectivity index (χ0v) is 15.2. The molecule has 1 saturated carbocycles. The summed E-state index contributed by atoms with van der Waals surface area (Å²) < 4.78 is 2.21. The van der Waals surface area contributed by atoms with Gasteiger partial charge >= 0.3 is 0 Å². The number of imidazole rings is 1. The van der Waals surface area contributed by atoms with E-state index in [1.807, 2.05) is 18.7 Å². The first kappa shape index (κ1) is 16.4. The van der Waals surface area contributed by atoms with Gasteiger partial charge in [-0.05, 0) is 24.8 Å². The van der Waals surface area contributed by atoms with Gasteiger partial charge in [0.2, 0.25) is 0 Å². The number of H-pyrrole nitrogens is 1. The number of aromatic amines is 1. The molecule has 5 rings (SSSR count). The summed E-state index contributed by atoms with van der Waals surface area (Å²) in [4.78, 5) is 26.1. The molecule has 27 heavy (non-hydrogen) atoms. The second-order valence-corrected chi connectivity index (χ2v) is 7.68. The van der Waals surface area contributed by atoms with Crippen LogP contribution in [0.2, 0.25) is 0 Å². The van der Waals surface area contributed by atoms with Crippen molar-refractivity contribution < 1.29 is 0 Å². The molecular formula is C21H23N5O. The molecule has 6 heteroatoms. The smallest absolute Gasteiger partial charge is 0.251 e. The number of nitrogens with one attached hydrogen (secondary N) is 1. The average molecular weight is 361 g/mol. The molecule has 1 aliphatic heterocycles. The molecule has 0 radical (unpaired) electrons. The zero-order valence-electron chi connectivity index (χ0n) is 15.2. The normalized spacial score (nSPS) is 20.2. The molecule has 1 aliphatic carbocycles. The van der Waals surface area contributed by atoms with Crippen LogP contribution in [-0.2, 0) is 6.54 Å². The van der Waals surface area contributed by atoms with Crippen molar-refractivity contribution in [2.75, 3.05) is 13.1 Å². The predicted molar refractivity (Wildman–Crippen MR) is 103 cm³/mol. The molecule has 2 fully saturated rings. The minimum absolute atomic E-state index is 0.0615. The van der Waals surface area contributed by atoms with Gasteiger partial charge in [-0.25, -0.2) is 9.97 Å². The lowest BCUT2D eigenvalue weighted by Gasteiger charge is -2.17. The highest BCUT2D eigenvalue weighted by molar-refractivity contribution is 5.55. The fourth-order valence-corrected chi connectivity index (χ4v) is 3.91. The van der Waals surface area contributed by atoms with Crippen LogP contribution >= 0.6 is 0 Å². The predicted octanol–water partition coefficient (Wildman–Crippen LogP) is 2.96. The molecule has 138 valence electrons. The van der Waals surface area contributed by atoms with Crippen molar-refractivity contribution in [2.24, 2.45) is 0 Å². The second kappa shape index (κ2) is 6.78. The summed E-state index contributed by atoms with van der Waals surface area (Å²) >= 11 is 0. The van der Waals surface area contributed by atoms with Crippen LogP contribution in [0.1, 0.15) is 42.5 Å². The summed E-state index contributed by atoms with van der Waals surface area (Å²) in [6.45, 7) is 3.09. The van der Waals surface area contributed by atoms with Crippen LogP contribution < -0.4 is 5.56 Å². The number of likely N-dealkylation sites (tertiary alicyclic amines) is 1. The second-order valence-electron chi connectivity index (χ2n) is 7.68. The maximum atomic E-state index is 11.9. The number of benzene rings is 1. The topological polar surface area (TPSA) is 66.8 Å². The molecule has 2 aliphatic rings. The Morgan fingerprint density at radius 2 is 2.00 bits per heavy atom. The summed E-state index contributed by atoms with van der Waals surface area (Å²) in [7, 11) is 0. The van der Waals surface area contributed by atoms with Gasteiger partial charge in [-0.1, -0.05) is 24.3 Å². The molecular weight excluding hydrogens is 338 g/mol. The summed E-state index contributed by atoms with van der Waals surface area (Å²) in [6.07, 6.45) is 9.25. The molecule has 0 amide bonds. The van der Waals surface area contributed by atoms with E-state index in [0.717, 1.165) is 50.2 Å². The van der Waals surface area contributed by atoms with Crippen LogP contribution in [-0.4, -0.2) is 37.5 Å².